The Morgan fingerprint density at radius 1 is 0.529 bits per heavy atom. The van der Waals surface area contributed by atoms with Gasteiger partial charge in [0.1, 0.15) is 0 Å². The van der Waals surface area contributed by atoms with Crippen LogP contribution in [0.1, 0.15) is 62.3 Å². The summed E-state index contributed by atoms with van der Waals surface area (Å²) in [5.74, 6) is 0. The molecule has 0 aliphatic carbocycles. The van der Waals surface area contributed by atoms with Crippen LogP contribution in [0, 0.1) is 4.71 Å². The second-order valence-electron chi connectivity index (χ2n) is 6.51. The fraction of sp³-hybridized carbons (Fsp3) is 0.923. The zero-order valence-electron chi connectivity index (χ0n) is 12.8. The predicted octanol–water partition coefficient (Wildman–Crippen LogP) is 2.45. The molecular formula is C13H31O3W. The normalized spacial score (nSPS) is 10.7. The molecule has 0 saturated heterocycles. The van der Waals surface area contributed by atoms with E-state index in [9.17, 15) is 0 Å². The van der Waals surface area contributed by atoms with Gasteiger partial charge in [-0.1, -0.05) is 0 Å². The standard InChI is InChI=1S/3C4H10O.CH.W/c3*1-4(2,3)5;;/h3*5H,1-3H3;1H;. The van der Waals surface area contributed by atoms with Crippen LogP contribution in [0.3, 0.4) is 0 Å². The summed E-state index contributed by atoms with van der Waals surface area (Å²) in [7, 11) is 0. The van der Waals surface area contributed by atoms with Crippen molar-refractivity contribution in [2.75, 3.05) is 0 Å². The van der Waals surface area contributed by atoms with Gasteiger partial charge in [0.2, 0.25) is 0 Å². The number of hydrogen-bond donors (Lipinski definition) is 3. The first kappa shape index (κ1) is 26.0. The molecule has 0 saturated carbocycles. The van der Waals surface area contributed by atoms with Crippen LogP contribution in [-0.2, 0) is 19.2 Å². The van der Waals surface area contributed by atoms with E-state index < -0.39 is 16.8 Å². The van der Waals surface area contributed by atoms with E-state index in [1.807, 2.05) is 0 Å². The number of rotatable bonds is 0. The number of hydrogen-bond acceptors (Lipinski definition) is 3. The Bertz CT molecular complexity index is 121. The first-order valence-electron chi connectivity index (χ1n) is 5.41. The first-order valence-corrected chi connectivity index (χ1v) is 7.10. The van der Waals surface area contributed by atoms with Crippen LogP contribution in [-0.4, -0.2) is 32.1 Å². The van der Waals surface area contributed by atoms with E-state index in [0.717, 1.165) is 19.2 Å². The number of aliphatic hydroxyl groups is 3. The van der Waals surface area contributed by atoms with Crippen molar-refractivity contribution >= 4 is 0 Å². The SMILES string of the molecule is CC(C)(C)O.CC(C)(C)O.CC(C)(C)O.[CH]#[W]. The van der Waals surface area contributed by atoms with E-state index in [2.05, 4.69) is 4.71 Å². The van der Waals surface area contributed by atoms with Crippen molar-refractivity contribution in [2.24, 2.45) is 0 Å². The van der Waals surface area contributed by atoms with Gasteiger partial charge in [-0.15, -0.1) is 0 Å². The van der Waals surface area contributed by atoms with Gasteiger partial charge in [0.05, 0.1) is 16.8 Å². The maximum absolute atomic E-state index is 8.52. The van der Waals surface area contributed by atoms with E-state index in [4.69, 9.17) is 15.3 Å². The van der Waals surface area contributed by atoms with Crippen molar-refractivity contribution in [1.82, 2.24) is 0 Å². The molecular weight excluding hydrogens is 388 g/mol. The third-order valence-corrected chi connectivity index (χ3v) is 0. The molecule has 107 valence electrons. The van der Waals surface area contributed by atoms with Gasteiger partial charge < -0.3 is 15.3 Å². The Hall–Kier alpha value is 0.348. The Labute approximate surface area is 118 Å². The van der Waals surface area contributed by atoms with Gasteiger partial charge in [-0.3, -0.25) is 0 Å². The summed E-state index contributed by atoms with van der Waals surface area (Å²) < 4.78 is 4.58. The van der Waals surface area contributed by atoms with Crippen molar-refractivity contribution in [3.8, 4) is 4.71 Å². The molecule has 0 atom stereocenters. The van der Waals surface area contributed by atoms with Gasteiger partial charge in [-0.25, -0.2) is 0 Å². The van der Waals surface area contributed by atoms with Crippen molar-refractivity contribution < 1.29 is 34.5 Å². The Morgan fingerprint density at radius 3 is 0.529 bits per heavy atom. The van der Waals surface area contributed by atoms with Crippen LogP contribution < -0.4 is 0 Å². The molecule has 0 amide bonds. The Kier molecular flexibility index (Phi) is 17.5. The molecule has 0 radical (unpaired) electrons. The minimum absolute atomic E-state index is 0.500. The molecule has 0 bridgehead atoms. The monoisotopic (exact) mass is 419 g/mol. The van der Waals surface area contributed by atoms with Crippen LogP contribution in [0.5, 0.6) is 0 Å². The molecule has 0 aliphatic heterocycles. The maximum atomic E-state index is 8.52. The van der Waals surface area contributed by atoms with Crippen molar-refractivity contribution in [3.05, 3.63) is 0 Å². The molecule has 0 aliphatic rings. The van der Waals surface area contributed by atoms with E-state index >= 15 is 0 Å². The summed E-state index contributed by atoms with van der Waals surface area (Å²) >= 11 is 1.08. The van der Waals surface area contributed by atoms with Gasteiger partial charge in [-0.2, -0.15) is 0 Å². The van der Waals surface area contributed by atoms with E-state index in [-0.39, 0.29) is 0 Å². The molecule has 0 heterocycles. The molecule has 3 N–H and O–H groups in total. The third-order valence-electron chi connectivity index (χ3n) is 0. The summed E-state index contributed by atoms with van der Waals surface area (Å²) in [6, 6.07) is 0. The summed E-state index contributed by atoms with van der Waals surface area (Å²) in [6.45, 7) is 15.7. The van der Waals surface area contributed by atoms with Crippen molar-refractivity contribution in [1.29, 1.82) is 0 Å². The Morgan fingerprint density at radius 2 is 0.529 bits per heavy atom. The van der Waals surface area contributed by atoms with Crippen LogP contribution in [0.2, 0.25) is 0 Å². The van der Waals surface area contributed by atoms with Crippen LogP contribution >= 0.6 is 0 Å². The molecule has 0 aromatic heterocycles. The fourth-order valence-corrected chi connectivity index (χ4v) is 0. The molecule has 0 rings (SSSR count). The average molecular weight is 419 g/mol. The van der Waals surface area contributed by atoms with Crippen molar-refractivity contribution in [3.63, 3.8) is 0 Å². The fourth-order valence-electron chi connectivity index (χ4n) is 0. The molecule has 3 nitrogen and oxygen atoms in total. The third kappa shape index (κ3) is 27700. The van der Waals surface area contributed by atoms with Crippen LogP contribution in [0.15, 0.2) is 0 Å². The molecule has 0 unspecified atom stereocenters. The summed E-state index contributed by atoms with van der Waals surface area (Å²) in [5.41, 5.74) is -1.50. The Balaban J connectivity index is -0.0000000693. The summed E-state index contributed by atoms with van der Waals surface area (Å²) in [6.07, 6.45) is 0. The van der Waals surface area contributed by atoms with Gasteiger partial charge in [0.25, 0.3) is 0 Å². The molecule has 0 aromatic carbocycles. The predicted molar refractivity (Wildman–Crippen MR) is 70.9 cm³/mol. The van der Waals surface area contributed by atoms with Gasteiger partial charge in [-0.05, 0) is 62.3 Å². The minimum atomic E-state index is -0.500. The first-order chi connectivity index (χ1) is 7.00. The van der Waals surface area contributed by atoms with Crippen LogP contribution in [0.25, 0.3) is 0 Å². The molecule has 17 heavy (non-hydrogen) atoms. The summed E-state index contributed by atoms with van der Waals surface area (Å²) in [5, 5.41) is 25.6. The quantitative estimate of drug-likeness (QED) is 0.566. The van der Waals surface area contributed by atoms with Crippen LogP contribution in [0.4, 0.5) is 0 Å². The zero-order valence-corrected chi connectivity index (χ0v) is 15.8. The zero-order chi connectivity index (χ0) is 15.5. The van der Waals surface area contributed by atoms with E-state index in [0.29, 0.717) is 0 Å². The topological polar surface area (TPSA) is 60.7 Å². The molecule has 0 spiro atoms. The molecule has 4 heteroatoms. The van der Waals surface area contributed by atoms with Gasteiger partial charge in [0, 0.05) is 0 Å². The van der Waals surface area contributed by atoms with E-state index in [1.54, 1.807) is 62.3 Å². The average Bonchev–Trinajstić information content (AvgIpc) is 1.77. The molecule has 0 fully saturated rings. The summed E-state index contributed by atoms with van der Waals surface area (Å²) in [4.78, 5) is 0. The van der Waals surface area contributed by atoms with Crippen molar-refractivity contribution in [2.45, 2.75) is 79.1 Å². The second kappa shape index (κ2) is 11.4. The van der Waals surface area contributed by atoms with Gasteiger partial charge in [0.15, 0.2) is 0 Å². The van der Waals surface area contributed by atoms with E-state index in [1.165, 1.54) is 0 Å². The molecule has 0 aromatic rings. The second-order valence-corrected chi connectivity index (χ2v) is 6.51. The van der Waals surface area contributed by atoms with Gasteiger partial charge >= 0.3 is 23.9 Å².